The minimum Gasteiger partial charge on any atom is -0.372 e. The molecule has 0 fully saturated rings. The monoisotopic (exact) mass is 338 g/mol. The predicted octanol–water partition coefficient (Wildman–Crippen LogP) is 4.72. The largest absolute Gasteiger partial charge is 0.372 e. The number of benzene rings is 2. The fraction of sp³-hybridized carbons (Fsp3) is 0.235. The van der Waals surface area contributed by atoms with Crippen LogP contribution in [0, 0.1) is 11.6 Å². The summed E-state index contributed by atoms with van der Waals surface area (Å²) in [6.45, 7) is 5.88. The van der Waals surface area contributed by atoms with Crippen LogP contribution in [0.3, 0.4) is 0 Å². The third kappa shape index (κ3) is 3.99. The predicted molar refractivity (Wildman–Crippen MR) is 89.3 cm³/mol. The molecule has 2 aromatic rings. The van der Waals surface area contributed by atoms with Gasteiger partial charge in [-0.1, -0.05) is 11.6 Å². The third-order valence-corrected chi connectivity index (χ3v) is 3.82. The van der Waals surface area contributed by atoms with E-state index in [0.717, 1.165) is 30.9 Å². The summed E-state index contributed by atoms with van der Waals surface area (Å²) in [6.07, 6.45) is 0. The molecule has 1 amide bonds. The molecule has 1 N–H and O–H groups in total. The number of anilines is 2. The first-order chi connectivity index (χ1) is 11.0. The fourth-order valence-electron chi connectivity index (χ4n) is 2.24. The van der Waals surface area contributed by atoms with E-state index in [1.165, 1.54) is 0 Å². The maximum absolute atomic E-state index is 13.3. The van der Waals surface area contributed by atoms with Crippen LogP contribution in [0.1, 0.15) is 24.2 Å². The molecular formula is C17H17ClF2N2O. The van der Waals surface area contributed by atoms with Gasteiger partial charge in [-0.25, -0.2) is 8.78 Å². The van der Waals surface area contributed by atoms with E-state index in [4.69, 9.17) is 11.6 Å². The Morgan fingerprint density at radius 1 is 1.09 bits per heavy atom. The van der Waals surface area contributed by atoms with Gasteiger partial charge in [-0.2, -0.15) is 0 Å². The van der Waals surface area contributed by atoms with Gasteiger partial charge in [-0.15, -0.1) is 0 Å². The van der Waals surface area contributed by atoms with Gasteiger partial charge in [-0.3, -0.25) is 4.79 Å². The summed E-state index contributed by atoms with van der Waals surface area (Å²) >= 11 is 5.79. The lowest BCUT2D eigenvalue weighted by Gasteiger charge is -2.21. The van der Waals surface area contributed by atoms with Crippen LogP contribution in [0.2, 0.25) is 5.02 Å². The van der Waals surface area contributed by atoms with Crippen molar-refractivity contribution in [1.82, 2.24) is 0 Å². The van der Waals surface area contributed by atoms with Crippen LogP contribution < -0.4 is 10.2 Å². The van der Waals surface area contributed by atoms with Crippen molar-refractivity contribution in [3.05, 3.63) is 58.6 Å². The van der Waals surface area contributed by atoms with Gasteiger partial charge >= 0.3 is 0 Å². The zero-order valence-electron chi connectivity index (χ0n) is 12.9. The van der Waals surface area contributed by atoms with E-state index in [-0.39, 0.29) is 10.6 Å². The van der Waals surface area contributed by atoms with Gasteiger partial charge in [-0.05, 0) is 50.2 Å². The summed E-state index contributed by atoms with van der Waals surface area (Å²) in [6, 6.07) is 8.84. The molecule has 0 aliphatic carbocycles. The molecule has 0 atom stereocenters. The average molecular weight is 339 g/mol. The Kier molecular flexibility index (Phi) is 5.55. The third-order valence-electron chi connectivity index (χ3n) is 3.51. The van der Waals surface area contributed by atoms with E-state index in [0.29, 0.717) is 5.69 Å². The fourth-order valence-corrected chi connectivity index (χ4v) is 2.48. The van der Waals surface area contributed by atoms with Crippen molar-refractivity contribution in [1.29, 1.82) is 0 Å². The smallest absolute Gasteiger partial charge is 0.257 e. The van der Waals surface area contributed by atoms with E-state index in [2.05, 4.69) is 24.1 Å². The number of carbonyl (C=O) groups excluding carboxylic acids is 1. The molecular weight excluding hydrogens is 322 g/mol. The summed E-state index contributed by atoms with van der Waals surface area (Å²) in [5, 5.41) is 2.48. The van der Waals surface area contributed by atoms with Gasteiger partial charge in [0, 0.05) is 24.5 Å². The van der Waals surface area contributed by atoms with Crippen molar-refractivity contribution >= 4 is 28.9 Å². The number of nitrogens with one attached hydrogen (secondary N) is 1. The van der Waals surface area contributed by atoms with Crippen molar-refractivity contribution < 1.29 is 13.6 Å². The number of amides is 1. The zero-order valence-corrected chi connectivity index (χ0v) is 13.6. The molecule has 0 aliphatic rings. The molecule has 3 nitrogen and oxygen atoms in total. The van der Waals surface area contributed by atoms with E-state index >= 15 is 0 Å². The molecule has 0 saturated heterocycles. The molecule has 0 heterocycles. The number of halogens is 3. The molecule has 122 valence electrons. The van der Waals surface area contributed by atoms with Gasteiger partial charge < -0.3 is 10.2 Å². The van der Waals surface area contributed by atoms with Crippen molar-refractivity contribution in [3.63, 3.8) is 0 Å². The Balaban J connectivity index is 2.16. The van der Waals surface area contributed by atoms with Crippen molar-refractivity contribution in [2.45, 2.75) is 13.8 Å². The topological polar surface area (TPSA) is 32.3 Å². The highest BCUT2D eigenvalue weighted by molar-refractivity contribution is 6.34. The standard InChI is InChI=1S/C17H17ClF2N2O/c1-3-22(4-2)12-7-5-11(6-8-12)21-17(23)13-9-15(19)16(20)10-14(13)18/h5-10H,3-4H2,1-2H3,(H,21,23). The molecule has 23 heavy (non-hydrogen) atoms. The maximum atomic E-state index is 13.3. The summed E-state index contributed by atoms with van der Waals surface area (Å²) in [5.74, 6) is -2.80. The average Bonchev–Trinajstić information content (AvgIpc) is 2.53. The number of hydrogen-bond acceptors (Lipinski definition) is 2. The Hall–Kier alpha value is -2.14. The molecule has 0 unspecified atom stereocenters. The van der Waals surface area contributed by atoms with Crippen LogP contribution in [-0.4, -0.2) is 19.0 Å². The Bertz CT molecular complexity index is 700. The van der Waals surface area contributed by atoms with E-state index in [1.807, 2.05) is 12.1 Å². The van der Waals surface area contributed by atoms with Crippen molar-refractivity contribution in [2.24, 2.45) is 0 Å². The SMILES string of the molecule is CCN(CC)c1ccc(NC(=O)c2cc(F)c(F)cc2Cl)cc1. The quantitative estimate of drug-likeness (QED) is 0.800. The van der Waals surface area contributed by atoms with Gasteiger partial charge in [0.1, 0.15) is 0 Å². The van der Waals surface area contributed by atoms with E-state index in [1.54, 1.807) is 12.1 Å². The van der Waals surface area contributed by atoms with Gasteiger partial charge in [0.25, 0.3) is 5.91 Å². The molecule has 0 aliphatic heterocycles. The lowest BCUT2D eigenvalue weighted by molar-refractivity contribution is 0.102. The van der Waals surface area contributed by atoms with E-state index in [9.17, 15) is 13.6 Å². The minimum absolute atomic E-state index is 0.113. The molecule has 2 aromatic carbocycles. The highest BCUT2D eigenvalue weighted by Crippen LogP contribution is 2.22. The van der Waals surface area contributed by atoms with Gasteiger partial charge in [0.15, 0.2) is 11.6 Å². The first kappa shape index (κ1) is 17.2. The number of nitrogens with zero attached hydrogens (tertiary/aromatic N) is 1. The maximum Gasteiger partial charge on any atom is 0.257 e. The second kappa shape index (κ2) is 7.42. The van der Waals surface area contributed by atoms with Gasteiger partial charge in [0.2, 0.25) is 0 Å². The first-order valence-electron chi connectivity index (χ1n) is 7.27. The van der Waals surface area contributed by atoms with Crippen LogP contribution in [0.5, 0.6) is 0 Å². The molecule has 0 bridgehead atoms. The summed E-state index contributed by atoms with van der Waals surface area (Å²) in [4.78, 5) is 14.3. The number of carbonyl (C=O) groups is 1. The number of hydrogen-bond donors (Lipinski definition) is 1. The van der Waals surface area contributed by atoms with Crippen LogP contribution in [0.15, 0.2) is 36.4 Å². The summed E-state index contributed by atoms with van der Waals surface area (Å²) in [7, 11) is 0. The minimum atomic E-state index is -1.11. The second-order valence-corrected chi connectivity index (χ2v) is 5.33. The molecule has 0 radical (unpaired) electrons. The Morgan fingerprint density at radius 2 is 1.65 bits per heavy atom. The Labute approximate surface area is 138 Å². The van der Waals surface area contributed by atoms with Crippen molar-refractivity contribution in [2.75, 3.05) is 23.3 Å². The highest BCUT2D eigenvalue weighted by atomic mass is 35.5. The first-order valence-corrected chi connectivity index (χ1v) is 7.65. The summed E-state index contributed by atoms with van der Waals surface area (Å²) in [5.41, 5.74) is 1.48. The molecule has 0 spiro atoms. The normalized spacial score (nSPS) is 10.5. The lowest BCUT2D eigenvalue weighted by Crippen LogP contribution is -2.21. The molecule has 0 aromatic heterocycles. The zero-order chi connectivity index (χ0) is 17.0. The molecule has 6 heteroatoms. The Morgan fingerprint density at radius 3 is 2.22 bits per heavy atom. The van der Waals surface area contributed by atoms with Crippen LogP contribution >= 0.6 is 11.6 Å². The van der Waals surface area contributed by atoms with Crippen molar-refractivity contribution in [3.8, 4) is 0 Å². The van der Waals surface area contributed by atoms with Crippen LogP contribution in [-0.2, 0) is 0 Å². The van der Waals surface area contributed by atoms with Crippen LogP contribution in [0.4, 0.5) is 20.2 Å². The second-order valence-electron chi connectivity index (χ2n) is 4.92. The lowest BCUT2D eigenvalue weighted by atomic mass is 10.2. The summed E-state index contributed by atoms with van der Waals surface area (Å²) < 4.78 is 26.3. The van der Waals surface area contributed by atoms with E-state index < -0.39 is 17.5 Å². The number of rotatable bonds is 5. The molecule has 0 saturated carbocycles. The molecule has 2 rings (SSSR count). The van der Waals surface area contributed by atoms with Crippen LogP contribution in [0.25, 0.3) is 0 Å². The van der Waals surface area contributed by atoms with Gasteiger partial charge in [0.05, 0.1) is 10.6 Å². The highest BCUT2D eigenvalue weighted by Gasteiger charge is 2.15.